The third-order valence-electron chi connectivity index (χ3n) is 5.34. The maximum Gasteiger partial charge on any atom is 0.0175 e. The van der Waals surface area contributed by atoms with Gasteiger partial charge in [-0.3, -0.25) is 0 Å². The highest BCUT2D eigenvalue weighted by Gasteiger charge is 2.42. The van der Waals surface area contributed by atoms with Gasteiger partial charge in [0.25, 0.3) is 0 Å². The van der Waals surface area contributed by atoms with Crippen molar-refractivity contribution >= 4 is 15.9 Å². The van der Waals surface area contributed by atoms with Crippen molar-refractivity contribution in [1.29, 1.82) is 0 Å². The van der Waals surface area contributed by atoms with Crippen molar-refractivity contribution < 1.29 is 0 Å². The van der Waals surface area contributed by atoms with Crippen LogP contribution in [0.2, 0.25) is 0 Å². The van der Waals surface area contributed by atoms with Crippen LogP contribution < -0.4 is 5.32 Å². The van der Waals surface area contributed by atoms with E-state index >= 15 is 0 Å². The van der Waals surface area contributed by atoms with Gasteiger partial charge in [-0.1, -0.05) is 28.1 Å². The minimum Gasteiger partial charge on any atom is -0.316 e. The molecule has 2 fully saturated rings. The molecular weight excluding hydrogens is 312 g/mol. The summed E-state index contributed by atoms with van der Waals surface area (Å²) in [7, 11) is 2.25. The molecule has 0 spiro atoms. The standard InChI is InChI=1S/C17H25BrN2/c1-20-11-7-15(8-12-20)17(9-2-10-19-13-17)14-3-5-16(18)6-4-14/h3-6,15,19H,2,7-13H2,1H3. The van der Waals surface area contributed by atoms with Gasteiger partial charge in [0.1, 0.15) is 0 Å². The highest BCUT2D eigenvalue weighted by Crippen LogP contribution is 2.43. The Kier molecular flexibility index (Phi) is 4.49. The summed E-state index contributed by atoms with van der Waals surface area (Å²) < 4.78 is 1.18. The van der Waals surface area contributed by atoms with Crippen LogP contribution in [-0.4, -0.2) is 38.1 Å². The lowest BCUT2D eigenvalue weighted by Gasteiger charge is -2.47. The fourth-order valence-corrected chi connectivity index (χ4v) is 4.37. The van der Waals surface area contributed by atoms with Crippen molar-refractivity contribution in [3.05, 3.63) is 34.3 Å². The molecule has 0 saturated carbocycles. The van der Waals surface area contributed by atoms with Crippen LogP contribution in [0.5, 0.6) is 0 Å². The average Bonchev–Trinajstić information content (AvgIpc) is 2.49. The molecule has 0 amide bonds. The van der Waals surface area contributed by atoms with Crippen molar-refractivity contribution in [2.24, 2.45) is 5.92 Å². The van der Waals surface area contributed by atoms with Gasteiger partial charge in [-0.25, -0.2) is 0 Å². The highest BCUT2D eigenvalue weighted by molar-refractivity contribution is 9.10. The van der Waals surface area contributed by atoms with E-state index < -0.39 is 0 Å². The summed E-state index contributed by atoms with van der Waals surface area (Å²) in [5, 5.41) is 3.67. The normalized spacial score (nSPS) is 29.5. The van der Waals surface area contributed by atoms with E-state index in [1.807, 2.05) is 0 Å². The second-order valence-electron chi connectivity index (χ2n) is 6.52. The van der Waals surface area contributed by atoms with E-state index in [0.29, 0.717) is 5.41 Å². The molecule has 3 rings (SSSR count). The van der Waals surface area contributed by atoms with Gasteiger partial charge in [0, 0.05) is 16.4 Å². The Morgan fingerprint density at radius 3 is 2.50 bits per heavy atom. The molecule has 1 unspecified atom stereocenters. The number of rotatable bonds is 2. The van der Waals surface area contributed by atoms with Crippen LogP contribution >= 0.6 is 15.9 Å². The first kappa shape index (κ1) is 14.6. The van der Waals surface area contributed by atoms with Gasteiger partial charge in [-0.15, -0.1) is 0 Å². The molecule has 1 aromatic rings. The van der Waals surface area contributed by atoms with Crippen molar-refractivity contribution in [1.82, 2.24) is 10.2 Å². The van der Waals surface area contributed by atoms with Crippen molar-refractivity contribution in [3.63, 3.8) is 0 Å². The van der Waals surface area contributed by atoms with Gasteiger partial charge in [-0.2, -0.15) is 0 Å². The van der Waals surface area contributed by atoms with Gasteiger partial charge >= 0.3 is 0 Å². The number of nitrogens with zero attached hydrogens (tertiary/aromatic N) is 1. The first-order valence-corrected chi connectivity index (χ1v) is 8.65. The predicted molar refractivity (Wildman–Crippen MR) is 88.1 cm³/mol. The van der Waals surface area contributed by atoms with Gasteiger partial charge in [-0.05, 0) is 76.0 Å². The Bertz CT molecular complexity index is 429. The van der Waals surface area contributed by atoms with Crippen LogP contribution in [0.4, 0.5) is 0 Å². The summed E-state index contributed by atoms with van der Waals surface area (Å²) in [5.74, 6) is 0.827. The molecule has 20 heavy (non-hydrogen) atoms. The van der Waals surface area contributed by atoms with Crippen LogP contribution in [0.3, 0.4) is 0 Å². The monoisotopic (exact) mass is 336 g/mol. The molecule has 2 saturated heterocycles. The number of piperidine rings is 2. The zero-order chi connectivity index (χ0) is 14.0. The molecule has 0 aliphatic carbocycles. The summed E-state index contributed by atoms with van der Waals surface area (Å²) in [6.45, 7) is 4.85. The third-order valence-corrected chi connectivity index (χ3v) is 5.86. The maximum absolute atomic E-state index is 3.67. The second-order valence-corrected chi connectivity index (χ2v) is 7.44. The van der Waals surface area contributed by atoms with Gasteiger partial charge < -0.3 is 10.2 Å². The first-order valence-electron chi connectivity index (χ1n) is 7.86. The lowest BCUT2D eigenvalue weighted by Crippen LogP contribution is -2.51. The number of halogens is 1. The summed E-state index contributed by atoms with van der Waals surface area (Å²) in [6.07, 6.45) is 5.33. The summed E-state index contributed by atoms with van der Waals surface area (Å²) in [6, 6.07) is 9.10. The molecule has 1 N–H and O–H groups in total. The van der Waals surface area contributed by atoms with Crippen LogP contribution in [0.15, 0.2) is 28.7 Å². The Morgan fingerprint density at radius 1 is 1.20 bits per heavy atom. The van der Waals surface area contributed by atoms with Crippen molar-refractivity contribution in [2.75, 3.05) is 33.2 Å². The van der Waals surface area contributed by atoms with Crippen LogP contribution in [0.1, 0.15) is 31.2 Å². The Balaban J connectivity index is 1.89. The zero-order valence-electron chi connectivity index (χ0n) is 12.4. The molecule has 3 heteroatoms. The van der Waals surface area contributed by atoms with E-state index in [0.717, 1.165) is 12.5 Å². The molecule has 2 aliphatic heterocycles. The number of likely N-dealkylation sites (tertiary alicyclic amines) is 1. The van der Waals surface area contributed by atoms with E-state index in [1.54, 1.807) is 5.56 Å². The smallest absolute Gasteiger partial charge is 0.0175 e. The Morgan fingerprint density at radius 2 is 1.90 bits per heavy atom. The SMILES string of the molecule is CN1CCC(C2(c3ccc(Br)cc3)CCCNC2)CC1. The fraction of sp³-hybridized carbons (Fsp3) is 0.647. The molecule has 1 atom stereocenters. The summed E-state index contributed by atoms with van der Waals surface area (Å²) >= 11 is 3.57. The maximum atomic E-state index is 3.67. The van der Waals surface area contributed by atoms with Gasteiger partial charge in [0.2, 0.25) is 0 Å². The first-order chi connectivity index (χ1) is 9.71. The second kappa shape index (κ2) is 6.17. The summed E-state index contributed by atoms with van der Waals surface area (Å²) in [5.41, 5.74) is 1.91. The number of benzene rings is 1. The van der Waals surface area contributed by atoms with Gasteiger partial charge in [0.05, 0.1) is 0 Å². The molecule has 0 radical (unpaired) electrons. The van der Waals surface area contributed by atoms with E-state index in [4.69, 9.17) is 0 Å². The quantitative estimate of drug-likeness (QED) is 0.890. The number of hydrogen-bond donors (Lipinski definition) is 1. The van der Waals surface area contributed by atoms with Crippen molar-refractivity contribution in [3.8, 4) is 0 Å². The molecule has 0 aromatic heterocycles. The molecule has 110 valence electrons. The molecule has 1 aromatic carbocycles. The van der Waals surface area contributed by atoms with E-state index in [9.17, 15) is 0 Å². The zero-order valence-corrected chi connectivity index (χ0v) is 14.0. The lowest BCUT2D eigenvalue weighted by molar-refractivity contribution is 0.121. The topological polar surface area (TPSA) is 15.3 Å². The van der Waals surface area contributed by atoms with Crippen molar-refractivity contribution in [2.45, 2.75) is 31.1 Å². The Labute approximate surface area is 131 Å². The largest absolute Gasteiger partial charge is 0.316 e. The minimum atomic E-state index is 0.361. The fourth-order valence-electron chi connectivity index (χ4n) is 4.10. The summed E-state index contributed by atoms with van der Waals surface area (Å²) in [4.78, 5) is 2.47. The molecular formula is C17H25BrN2. The molecule has 2 nitrogen and oxygen atoms in total. The van der Waals surface area contributed by atoms with Gasteiger partial charge in [0.15, 0.2) is 0 Å². The van der Waals surface area contributed by atoms with E-state index in [2.05, 4.69) is 57.5 Å². The molecule has 2 heterocycles. The van der Waals surface area contributed by atoms with Crippen LogP contribution in [0.25, 0.3) is 0 Å². The highest BCUT2D eigenvalue weighted by atomic mass is 79.9. The third kappa shape index (κ3) is 2.81. The predicted octanol–water partition coefficient (Wildman–Crippen LogP) is 3.41. The van der Waals surface area contributed by atoms with E-state index in [1.165, 1.54) is 49.8 Å². The Hall–Kier alpha value is -0.380. The number of nitrogens with one attached hydrogen (secondary N) is 1. The van der Waals surface area contributed by atoms with Crippen LogP contribution in [-0.2, 0) is 5.41 Å². The molecule has 2 aliphatic rings. The average molecular weight is 337 g/mol. The number of hydrogen-bond acceptors (Lipinski definition) is 2. The van der Waals surface area contributed by atoms with E-state index in [-0.39, 0.29) is 0 Å². The minimum absolute atomic E-state index is 0.361. The van der Waals surface area contributed by atoms with Crippen LogP contribution in [0, 0.1) is 5.92 Å². The molecule has 0 bridgehead atoms. The lowest BCUT2D eigenvalue weighted by atomic mass is 9.63.